The molecule has 8 nitrogen and oxygen atoms in total. The fraction of sp³-hybridized carbons (Fsp3) is 0.885. The van der Waals surface area contributed by atoms with E-state index in [9.17, 15) is 19.4 Å². The molecule has 0 aliphatic rings. The summed E-state index contributed by atoms with van der Waals surface area (Å²) in [5.74, 6) is -0.198. The van der Waals surface area contributed by atoms with Gasteiger partial charge in [-0.3, -0.25) is 9.36 Å². The first-order valence-corrected chi connectivity index (χ1v) is 31.8. The summed E-state index contributed by atoms with van der Waals surface area (Å²) in [6.45, 7) is 4.69. The van der Waals surface area contributed by atoms with Gasteiger partial charge in [-0.2, -0.15) is 0 Å². The van der Waals surface area contributed by atoms with Gasteiger partial charge in [-0.1, -0.05) is 275 Å². The Labute approximate surface area is 436 Å². The highest BCUT2D eigenvalue weighted by Crippen LogP contribution is 2.38. The van der Waals surface area contributed by atoms with Gasteiger partial charge in [0.05, 0.1) is 39.9 Å². The molecule has 0 rings (SSSR count). The van der Waals surface area contributed by atoms with Crippen LogP contribution in [-0.4, -0.2) is 68.5 Å². The van der Waals surface area contributed by atoms with Crippen molar-refractivity contribution in [2.75, 3.05) is 40.9 Å². The van der Waals surface area contributed by atoms with Gasteiger partial charge < -0.3 is 28.8 Å². The van der Waals surface area contributed by atoms with Gasteiger partial charge in [0.15, 0.2) is 0 Å². The molecule has 0 aliphatic heterocycles. The molecule has 0 saturated heterocycles. The van der Waals surface area contributed by atoms with Crippen LogP contribution in [0.25, 0.3) is 0 Å². The molecule has 3 unspecified atom stereocenters. The van der Waals surface area contributed by atoms with Gasteiger partial charge in [0, 0.05) is 6.42 Å². The number of allylic oxidation sites excluding steroid dienone is 5. The van der Waals surface area contributed by atoms with Gasteiger partial charge in [0.25, 0.3) is 7.82 Å². The highest BCUT2D eigenvalue weighted by molar-refractivity contribution is 7.45. The predicted octanol–water partition coefficient (Wildman–Crippen LogP) is 17.9. The molecule has 0 heterocycles. The number of unbranched alkanes of at least 4 members (excludes halogenated alkanes) is 39. The lowest BCUT2D eigenvalue weighted by atomic mass is 10.0. The van der Waals surface area contributed by atoms with E-state index >= 15 is 0 Å². The van der Waals surface area contributed by atoms with Gasteiger partial charge in [-0.25, -0.2) is 0 Å². The van der Waals surface area contributed by atoms with Crippen molar-refractivity contribution in [2.24, 2.45) is 0 Å². The normalized spacial score (nSPS) is 14.1. The number of nitrogens with zero attached hydrogens (tertiary/aromatic N) is 1. The molecule has 0 radical (unpaired) electrons. The van der Waals surface area contributed by atoms with Crippen molar-refractivity contribution in [1.82, 2.24) is 5.32 Å². The zero-order valence-electron chi connectivity index (χ0n) is 47.2. The summed E-state index contributed by atoms with van der Waals surface area (Å²) < 4.78 is 23.4. The van der Waals surface area contributed by atoms with Gasteiger partial charge in [0.1, 0.15) is 13.2 Å². The number of rotatable bonds is 56. The van der Waals surface area contributed by atoms with E-state index < -0.39 is 20.0 Å². The SMILES string of the molecule is CCCCCCCCCCC/C=C\C/C=C\CCCCCCCCCCCC(=O)NC(COP(=O)([O-])OCC[N+](C)(C)C)C(O)/C=C/CCCCCCCCCCCCCCCCCCCCCCC. The third-order valence-corrected chi connectivity index (χ3v) is 14.8. The van der Waals surface area contributed by atoms with Crippen molar-refractivity contribution in [3.05, 3.63) is 36.5 Å². The van der Waals surface area contributed by atoms with Gasteiger partial charge in [-0.05, 0) is 51.4 Å². The largest absolute Gasteiger partial charge is 0.756 e. The summed E-state index contributed by atoms with van der Waals surface area (Å²) in [6, 6.07) is -0.890. The summed E-state index contributed by atoms with van der Waals surface area (Å²) in [5, 5.41) is 13.9. The number of aliphatic hydroxyl groups is 1. The Morgan fingerprint density at radius 3 is 1.19 bits per heavy atom. The number of likely N-dealkylation sites (N-methyl/N-ethyl adjacent to an activating group) is 1. The van der Waals surface area contributed by atoms with Crippen LogP contribution in [0.1, 0.15) is 296 Å². The Morgan fingerprint density at radius 2 is 0.829 bits per heavy atom. The number of carbonyl (C=O) groups is 1. The molecule has 1 amide bonds. The van der Waals surface area contributed by atoms with Crippen LogP contribution in [0.2, 0.25) is 0 Å². The van der Waals surface area contributed by atoms with Gasteiger partial charge in [0.2, 0.25) is 5.91 Å². The smallest absolute Gasteiger partial charge is 0.268 e. The number of carbonyl (C=O) groups excluding carboxylic acids is 1. The molecule has 0 spiro atoms. The number of hydrogen-bond acceptors (Lipinski definition) is 6. The monoisotopic (exact) mass is 1010 g/mol. The number of amides is 1. The van der Waals surface area contributed by atoms with Crippen molar-refractivity contribution in [2.45, 2.75) is 309 Å². The third kappa shape index (κ3) is 54.5. The zero-order valence-corrected chi connectivity index (χ0v) is 48.1. The molecule has 70 heavy (non-hydrogen) atoms. The number of aliphatic hydroxyl groups excluding tert-OH is 1. The van der Waals surface area contributed by atoms with Crippen LogP contribution in [0.15, 0.2) is 36.5 Å². The third-order valence-electron chi connectivity index (χ3n) is 13.8. The summed E-state index contributed by atoms with van der Waals surface area (Å²) >= 11 is 0. The summed E-state index contributed by atoms with van der Waals surface area (Å²) in [4.78, 5) is 25.5. The first-order chi connectivity index (χ1) is 34.0. The maximum atomic E-state index is 13.0. The van der Waals surface area contributed by atoms with Crippen molar-refractivity contribution in [3.63, 3.8) is 0 Å². The number of nitrogens with one attached hydrogen (secondary N) is 1. The number of phosphoric acid groups is 1. The van der Waals surface area contributed by atoms with E-state index in [1.165, 1.54) is 231 Å². The minimum absolute atomic E-state index is 0.00136. The molecule has 0 aromatic rings. The van der Waals surface area contributed by atoms with Crippen molar-refractivity contribution >= 4 is 13.7 Å². The summed E-state index contributed by atoms with van der Waals surface area (Å²) in [7, 11) is 1.27. The molecule has 2 N–H and O–H groups in total. The topological polar surface area (TPSA) is 108 Å². The Bertz CT molecular complexity index is 1230. The van der Waals surface area contributed by atoms with Crippen LogP contribution in [0.3, 0.4) is 0 Å². The van der Waals surface area contributed by atoms with Crippen molar-refractivity contribution in [3.8, 4) is 0 Å². The second-order valence-corrected chi connectivity index (χ2v) is 23.5. The van der Waals surface area contributed by atoms with Crippen LogP contribution in [0.5, 0.6) is 0 Å². The number of phosphoric ester groups is 1. The Hall–Kier alpha value is -1.28. The Kier molecular flexibility index (Phi) is 51.6. The summed E-state index contributed by atoms with van der Waals surface area (Å²) in [5.41, 5.74) is 0. The molecule has 0 bridgehead atoms. The molecule has 0 aromatic heterocycles. The average molecular weight is 1010 g/mol. The van der Waals surface area contributed by atoms with Crippen molar-refractivity contribution < 1.29 is 32.9 Å². The Balaban J connectivity index is 4.19. The van der Waals surface area contributed by atoms with E-state index in [0.717, 1.165) is 44.9 Å². The summed E-state index contributed by atoms with van der Waals surface area (Å²) in [6.07, 6.45) is 67.9. The predicted molar refractivity (Wildman–Crippen MR) is 302 cm³/mol. The fourth-order valence-electron chi connectivity index (χ4n) is 9.07. The van der Waals surface area contributed by atoms with Gasteiger partial charge in [-0.15, -0.1) is 0 Å². The minimum atomic E-state index is -4.60. The molecule has 414 valence electrons. The standard InChI is InChI=1S/C61H119N2O6P/c1-6-8-10-12-14-16-18-20-22-24-26-28-30-31-33-35-37-39-41-43-45-47-49-51-53-55-61(65)62-59(58-69-70(66,67)68-57-56-63(3,4)5)60(64)54-52-50-48-46-44-42-40-38-36-34-32-29-27-25-23-21-19-17-15-13-11-9-7-2/h26,28,31,33,52,54,59-60,64H,6-25,27,29-30,32,34-51,53,55-58H2,1-5H3,(H-,62,65,66,67)/b28-26-,33-31-,54-52+. The van der Waals surface area contributed by atoms with E-state index in [2.05, 4.69) is 43.5 Å². The zero-order chi connectivity index (χ0) is 51.3. The fourth-order valence-corrected chi connectivity index (χ4v) is 9.79. The van der Waals surface area contributed by atoms with Crippen molar-refractivity contribution in [1.29, 1.82) is 0 Å². The first-order valence-electron chi connectivity index (χ1n) is 30.4. The van der Waals surface area contributed by atoms with Crippen LogP contribution in [-0.2, 0) is 18.4 Å². The van der Waals surface area contributed by atoms with Crippen LogP contribution >= 0.6 is 7.82 Å². The lowest BCUT2D eigenvalue weighted by Crippen LogP contribution is -2.45. The second kappa shape index (κ2) is 52.6. The highest BCUT2D eigenvalue weighted by atomic mass is 31.2. The molecule has 0 aromatic carbocycles. The minimum Gasteiger partial charge on any atom is -0.756 e. The molecular formula is C61H119N2O6P. The number of quaternary nitrogens is 1. The highest BCUT2D eigenvalue weighted by Gasteiger charge is 2.23. The van der Waals surface area contributed by atoms with E-state index in [4.69, 9.17) is 9.05 Å². The molecular weight excluding hydrogens is 888 g/mol. The van der Waals surface area contributed by atoms with Crippen LogP contribution in [0.4, 0.5) is 0 Å². The van der Waals surface area contributed by atoms with Crippen LogP contribution in [0, 0.1) is 0 Å². The maximum Gasteiger partial charge on any atom is 0.268 e. The quantitative estimate of drug-likeness (QED) is 0.0272. The van der Waals surface area contributed by atoms with E-state index in [0.29, 0.717) is 17.4 Å². The van der Waals surface area contributed by atoms with E-state index in [1.807, 2.05) is 27.2 Å². The van der Waals surface area contributed by atoms with E-state index in [1.54, 1.807) is 6.08 Å². The molecule has 3 atom stereocenters. The second-order valence-electron chi connectivity index (χ2n) is 22.1. The average Bonchev–Trinajstić information content (AvgIpc) is 3.32. The van der Waals surface area contributed by atoms with E-state index in [-0.39, 0.29) is 19.1 Å². The molecule has 0 aliphatic carbocycles. The lowest BCUT2D eigenvalue weighted by molar-refractivity contribution is -0.870. The molecule has 0 fully saturated rings. The first kappa shape index (κ1) is 68.7. The lowest BCUT2D eigenvalue weighted by Gasteiger charge is -2.29. The maximum absolute atomic E-state index is 13.0. The molecule has 9 heteroatoms. The van der Waals surface area contributed by atoms with Gasteiger partial charge >= 0.3 is 0 Å². The van der Waals surface area contributed by atoms with Crippen LogP contribution < -0.4 is 10.2 Å². The Morgan fingerprint density at radius 1 is 0.500 bits per heavy atom. The molecule has 0 saturated carbocycles. The number of hydrogen-bond donors (Lipinski definition) is 2.